The van der Waals surface area contributed by atoms with Gasteiger partial charge < -0.3 is 0 Å². The predicted molar refractivity (Wildman–Crippen MR) is 179 cm³/mol. The number of benzene rings is 3. The molecule has 0 amide bonds. The highest BCUT2D eigenvalue weighted by Gasteiger charge is 2.10. The van der Waals surface area contributed by atoms with E-state index in [1.165, 1.54) is 0 Å². The van der Waals surface area contributed by atoms with Crippen molar-refractivity contribution < 1.29 is 0 Å². The fourth-order valence-corrected chi connectivity index (χ4v) is 3.89. The lowest BCUT2D eigenvalue weighted by Crippen LogP contribution is -1.95. The molecule has 0 aliphatic carbocycles. The van der Waals surface area contributed by atoms with Crippen molar-refractivity contribution in [2.45, 2.75) is 0 Å². The molecule has 4 aromatic heterocycles. The molecule has 0 aliphatic heterocycles. The molecule has 0 fully saturated rings. The van der Waals surface area contributed by atoms with E-state index in [4.69, 9.17) is 9.97 Å². The average Bonchev–Trinajstić information content (AvgIpc) is 3.12. The Kier molecular flexibility index (Phi) is 12.9. The maximum absolute atomic E-state index is 4.80. The van der Waals surface area contributed by atoms with E-state index < -0.39 is 0 Å². The van der Waals surface area contributed by atoms with Crippen LogP contribution in [0.3, 0.4) is 0 Å². The number of hydrogen-bond acceptors (Lipinski definition) is 5. The third-order valence-corrected chi connectivity index (χ3v) is 6.20. The van der Waals surface area contributed by atoms with Gasteiger partial charge in [0.2, 0.25) is 0 Å². The molecule has 5 nitrogen and oxygen atoms in total. The first kappa shape index (κ1) is 30.6. The van der Waals surface area contributed by atoms with Crippen molar-refractivity contribution in [3.63, 3.8) is 0 Å². The topological polar surface area (TPSA) is 64.5 Å². The van der Waals surface area contributed by atoms with Crippen LogP contribution in [0.15, 0.2) is 187 Å². The highest BCUT2D eigenvalue weighted by atomic mass is 79.9. The molecule has 0 N–H and O–H groups in total. The molecule has 0 saturated carbocycles. The van der Waals surface area contributed by atoms with Crippen molar-refractivity contribution in [3.8, 4) is 33.9 Å². The van der Waals surface area contributed by atoms with Gasteiger partial charge in [-0.25, -0.2) is 9.97 Å². The van der Waals surface area contributed by atoms with Crippen LogP contribution in [-0.4, -0.2) is 24.9 Å². The van der Waals surface area contributed by atoms with E-state index in [0.717, 1.165) is 38.4 Å². The van der Waals surface area contributed by atoms with Crippen LogP contribution in [0.2, 0.25) is 0 Å². The smallest absolute Gasteiger partial charge is 0.160 e. The monoisotopic (exact) mass is 623 g/mol. The first-order valence-electron chi connectivity index (χ1n) is 13.6. The molecule has 7 rings (SSSR count). The van der Waals surface area contributed by atoms with Gasteiger partial charge in [0.25, 0.3) is 0 Å². The van der Waals surface area contributed by atoms with E-state index in [0.29, 0.717) is 0 Å². The highest BCUT2D eigenvalue weighted by molar-refractivity contribution is 9.10. The number of hydrogen-bond donors (Lipinski definition) is 0. The van der Waals surface area contributed by atoms with Gasteiger partial charge >= 0.3 is 0 Å². The summed E-state index contributed by atoms with van der Waals surface area (Å²) in [5.41, 5.74) is 5.01. The maximum atomic E-state index is 4.80. The SMILES string of the molecule is Brc1ccc(-c2cc(-c3ccccc3)nc(-c3ccccc3)n2)cc1.c1ccncc1.c1ccncc1.c1ccncc1. The van der Waals surface area contributed by atoms with Crippen molar-refractivity contribution in [3.05, 3.63) is 187 Å². The summed E-state index contributed by atoms with van der Waals surface area (Å²) >= 11 is 3.49. The van der Waals surface area contributed by atoms with Crippen LogP contribution in [0, 0.1) is 0 Å². The van der Waals surface area contributed by atoms with Crippen molar-refractivity contribution >= 4 is 15.9 Å². The molecule has 0 aliphatic rings. The summed E-state index contributed by atoms with van der Waals surface area (Å²) in [7, 11) is 0. The Morgan fingerprint density at radius 2 is 0.698 bits per heavy atom. The Morgan fingerprint density at radius 1 is 0.349 bits per heavy atom. The molecule has 43 heavy (non-hydrogen) atoms. The molecule has 0 bridgehead atoms. The zero-order valence-corrected chi connectivity index (χ0v) is 25.0. The summed E-state index contributed by atoms with van der Waals surface area (Å²) < 4.78 is 1.05. The Balaban J connectivity index is 0.000000188. The first-order chi connectivity index (χ1) is 21.3. The third kappa shape index (κ3) is 11.2. The number of rotatable bonds is 3. The number of pyridine rings is 3. The first-order valence-corrected chi connectivity index (χ1v) is 14.4. The fourth-order valence-electron chi connectivity index (χ4n) is 3.63. The summed E-state index contributed by atoms with van der Waals surface area (Å²) in [6.07, 6.45) is 10.5. The van der Waals surface area contributed by atoms with Gasteiger partial charge in [0.15, 0.2) is 5.82 Å². The zero-order chi connectivity index (χ0) is 29.8. The number of nitrogens with zero attached hydrogens (tertiary/aromatic N) is 5. The molecule has 0 unspecified atom stereocenters. The summed E-state index contributed by atoms with van der Waals surface area (Å²) in [5.74, 6) is 0.736. The van der Waals surface area contributed by atoms with Crippen LogP contribution >= 0.6 is 15.9 Å². The van der Waals surface area contributed by atoms with Gasteiger partial charge in [-0.2, -0.15) is 0 Å². The molecule has 3 aromatic carbocycles. The molecular weight excluding hydrogens is 594 g/mol. The molecule has 6 heteroatoms. The predicted octanol–water partition coefficient (Wildman–Crippen LogP) is 9.48. The zero-order valence-electron chi connectivity index (χ0n) is 23.4. The minimum atomic E-state index is 0.736. The average molecular weight is 625 g/mol. The summed E-state index contributed by atoms with van der Waals surface area (Å²) in [5, 5.41) is 0. The van der Waals surface area contributed by atoms with Crippen LogP contribution in [0.1, 0.15) is 0 Å². The number of halogens is 1. The second kappa shape index (κ2) is 18.2. The maximum Gasteiger partial charge on any atom is 0.160 e. The van der Waals surface area contributed by atoms with E-state index in [1.807, 2.05) is 121 Å². The lowest BCUT2D eigenvalue weighted by atomic mass is 10.1. The van der Waals surface area contributed by atoms with Crippen molar-refractivity contribution in [1.29, 1.82) is 0 Å². The molecule has 7 aromatic rings. The van der Waals surface area contributed by atoms with Crippen LogP contribution in [0.5, 0.6) is 0 Å². The summed E-state index contributed by atoms with van der Waals surface area (Å²) in [6.45, 7) is 0. The van der Waals surface area contributed by atoms with E-state index >= 15 is 0 Å². The standard InChI is InChI=1S/C22H15BrN2.3C5H5N/c23-19-13-11-17(12-14-19)21-15-20(16-7-3-1-4-8-16)24-22(25-21)18-9-5-2-6-10-18;3*1-2-4-6-5-3-1/h1-15H;3*1-5H. The summed E-state index contributed by atoms with van der Waals surface area (Å²) in [6, 6.07) is 47.7. The van der Waals surface area contributed by atoms with E-state index in [-0.39, 0.29) is 0 Å². The molecule has 0 atom stereocenters. The lowest BCUT2D eigenvalue weighted by molar-refractivity contribution is 1.18. The van der Waals surface area contributed by atoms with Crippen LogP contribution in [0.4, 0.5) is 0 Å². The second-order valence-electron chi connectivity index (χ2n) is 8.77. The minimum Gasteiger partial charge on any atom is -0.265 e. The van der Waals surface area contributed by atoms with Gasteiger partial charge in [-0.05, 0) is 54.6 Å². The van der Waals surface area contributed by atoms with Crippen LogP contribution in [-0.2, 0) is 0 Å². The largest absolute Gasteiger partial charge is 0.265 e. The van der Waals surface area contributed by atoms with E-state index in [1.54, 1.807) is 37.2 Å². The quantitative estimate of drug-likeness (QED) is 0.196. The molecule has 4 heterocycles. The van der Waals surface area contributed by atoms with Gasteiger partial charge in [0.1, 0.15) is 0 Å². The fraction of sp³-hybridized carbons (Fsp3) is 0. The van der Waals surface area contributed by atoms with Gasteiger partial charge in [-0.15, -0.1) is 0 Å². The van der Waals surface area contributed by atoms with Crippen molar-refractivity contribution in [2.75, 3.05) is 0 Å². The van der Waals surface area contributed by atoms with Gasteiger partial charge in [0, 0.05) is 58.3 Å². The van der Waals surface area contributed by atoms with Gasteiger partial charge in [-0.1, -0.05) is 107 Å². The second-order valence-corrected chi connectivity index (χ2v) is 9.69. The molecule has 210 valence electrons. The Bertz CT molecular complexity index is 1470. The minimum absolute atomic E-state index is 0.736. The van der Waals surface area contributed by atoms with Crippen molar-refractivity contribution in [2.24, 2.45) is 0 Å². The Morgan fingerprint density at radius 3 is 1.05 bits per heavy atom. The molecular formula is C37H30BrN5. The molecule has 0 spiro atoms. The number of aromatic nitrogens is 5. The Hall–Kier alpha value is -5.33. The van der Waals surface area contributed by atoms with E-state index in [9.17, 15) is 0 Å². The van der Waals surface area contributed by atoms with Gasteiger partial charge in [-0.3, -0.25) is 15.0 Å². The molecule has 0 saturated heterocycles. The Labute approximate surface area is 261 Å². The molecule has 0 radical (unpaired) electrons. The van der Waals surface area contributed by atoms with Crippen LogP contribution in [0.25, 0.3) is 33.9 Å². The van der Waals surface area contributed by atoms with E-state index in [2.05, 4.69) is 55.1 Å². The van der Waals surface area contributed by atoms with Gasteiger partial charge in [0.05, 0.1) is 11.4 Å². The van der Waals surface area contributed by atoms with Crippen molar-refractivity contribution in [1.82, 2.24) is 24.9 Å². The normalized spacial score (nSPS) is 9.51. The third-order valence-electron chi connectivity index (χ3n) is 5.67. The lowest BCUT2D eigenvalue weighted by Gasteiger charge is -2.09. The summed E-state index contributed by atoms with van der Waals surface area (Å²) in [4.78, 5) is 21.0. The highest BCUT2D eigenvalue weighted by Crippen LogP contribution is 2.28. The van der Waals surface area contributed by atoms with Crippen LogP contribution < -0.4 is 0 Å².